The molecule has 2 aliphatic rings. The van der Waals surface area contributed by atoms with Gasteiger partial charge in [-0.05, 0) is 70.1 Å². The number of carbonyl (C=O) groups is 1. The zero-order chi connectivity index (χ0) is 14.4. The lowest BCUT2D eigenvalue weighted by Gasteiger charge is -2.22. The summed E-state index contributed by atoms with van der Waals surface area (Å²) in [7, 11) is 0. The predicted molar refractivity (Wildman–Crippen MR) is 87.6 cm³/mol. The van der Waals surface area contributed by atoms with Crippen LogP contribution in [0.1, 0.15) is 47.8 Å². The maximum atomic E-state index is 13.0. The first-order chi connectivity index (χ1) is 10.2. The fourth-order valence-corrected chi connectivity index (χ4v) is 3.85. The highest BCUT2D eigenvalue weighted by Gasteiger charge is 2.36. The molecule has 4 rings (SSSR count). The maximum Gasteiger partial charge on any atom is 0.271 e. The van der Waals surface area contributed by atoms with Gasteiger partial charge in [0.25, 0.3) is 5.91 Å². The van der Waals surface area contributed by atoms with Gasteiger partial charge >= 0.3 is 0 Å². The smallest absolute Gasteiger partial charge is 0.271 e. The van der Waals surface area contributed by atoms with Crippen molar-refractivity contribution in [3.63, 3.8) is 0 Å². The molecular formula is C16H17BrN2OS. The third-order valence-corrected chi connectivity index (χ3v) is 5.32. The molecule has 0 aromatic carbocycles. The van der Waals surface area contributed by atoms with Gasteiger partial charge in [-0.25, -0.2) is 0 Å². The first-order valence-corrected chi connectivity index (χ1v) is 9.15. The highest BCUT2D eigenvalue weighted by Crippen LogP contribution is 2.39. The summed E-state index contributed by atoms with van der Waals surface area (Å²) in [5.74, 6) is 0.182. The van der Waals surface area contributed by atoms with Crippen molar-refractivity contribution in [3.05, 3.63) is 44.8 Å². The van der Waals surface area contributed by atoms with E-state index in [0.29, 0.717) is 12.1 Å². The van der Waals surface area contributed by atoms with Gasteiger partial charge < -0.3 is 9.47 Å². The van der Waals surface area contributed by atoms with E-state index in [9.17, 15) is 4.79 Å². The van der Waals surface area contributed by atoms with Gasteiger partial charge in [0, 0.05) is 29.3 Å². The molecule has 0 unspecified atom stereocenters. The second kappa shape index (κ2) is 5.29. The number of nitrogens with zero attached hydrogens (tertiary/aromatic N) is 2. The van der Waals surface area contributed by atoms with E-state index in [1.165, 1.54) is 18.4 Å². The Kier molecular flexibility index (Phi) is 3.42. The van der Waals surface area contributed by atoms with E-state index >= 15 is 0 Å². The van der Waals surface area contributed by atoms with Crippen molar-refractivity contribution >= 4 is 33.2 Å². The second-order valence-electron chi connectivity index (χ2n) is 5.98. The molecule has 0 saturated heterocycles. The topological polar surface area (TPSA) is 25.2 Å². The Morgan fingerprint density at radius 2 is 2.19 bits per heavy atom. The zero-order valence-corrected chi connectivity index (χ0v) is 14.1. The summed E-state index contributed by atoms with van der Waals surface area (Å²) < 4.78 is 3.17. The number of aromatic nitrogens is 1. The molecule has 2 aromatic rings. The van der Waals surface area contributed by atoms with Crippen LogP contribution in [0.25, 0.3) is 0 Å². The van der Waals surface area contributed by atoms with Gasteiger partial charge in [-0.15, -0.1) is 0 Å². The number of thiophene rings is 1. The number of rotatable bonds is 5. The Hall–Kier alpha value is -1.07. The van der Waals surface area contributed by atoms with Gasteiger partial charge in [-0.2, -0.15) is 11.3 Å². The highest BCUT2D eigenvalue weighted by atomic mass is 79.9. The second-order valence-corrected chi connectivity index (χ2v) is 7.67. The molecule has 1 amide bonds. The first kappa shape index (κ1) is 13.6. The van der Waals surface area contributed by atoms with Gasteiger partial charge in [-0.3, -0.25) is 4.79 Å². The van der Waals surface area contributed by atoms with Gasteiger partial charge in [-0.1, -0.05) is 0 Å². The minimum atomic E-state index is 0.182. The molecule has 2 fully saturated rings. The van der Waals surface area contributed by atoms with Crippen molar-refractivity contribution in [3.8, 4) is 0 Å². The Labute approximate surface area is 136 Å². The van der Waals surface area contributed by atoms with Crippen LogP contribution in [-0.4, -0.2) is 21.4 Å². The van der Waals surface area contributed by atoms with E-state index in [1.54, 1.807) is 11.3 Å². The van der Waals surface area contributed by atoms with E-state index in [-0.39, 0.29) is 5.91 Å². The van der Waals surface area contributed by atoms with Crippen LogP contribution in [0.3, 0.4) is 0 Å². The van der Waals surface area contributed by atoms with E-state index in [1.807, 2.05) is 6.07 Å². The van der Waals surface area contributed by atoms with E-state index < -0.39 is 0 Å². The SMILES string of the molecule is O=C(c1cc(Br)cn1C1CC1)N(Cc1ccsc1)C1CC1. The van der Waals surface area contributed by atoms with Crippen molar-refractivity contribution in [1.82, 2.24) is 9.47 Å². The van der Waals surface area contributed by atoms with Crippen molar-refractivity contribution in [2.75, 3.05) is 0 Å². The molecule has 21 heavy (non-hydrogen) atoms. The lowest BCUT2D eigenvalue weighted by Crippen LogP contribution is -2.33. The molecule has 2 heterocycles. The van der Waals surface area contributed by atoms with E-state index in [4.69, 9.17) is 0 Å². The Morgan fingerprint density at radius 3 is 2.81 bits per heavy atom. The maximum absolute atomic E-state index is 13.0. The first-order valence-electron chi connectivity index (χ1n) is 7.42. The Bertz CT molecular complexity index is 656. The lowest BCUT2D eigenvalue weighted by atomic mass is 10.2. The van der Waals surface area contributed by atoms with Crippen molar-refractivity contribution < 1.29 is 4.79 Å². The number of hydrogen-bond acceptors (Lipinski definition) is 2. The van der Waals surface area contributed by atoms with Crippen LogP contribution in [-0.2, 0) is 6.54 Å². The molecule has 0 bridgehead atoms. The Balaban J connectivity index is 1.61. The van der Waals surface area contributed by atoms with Crippen molar-refractivity contribution in [2.45, 2.75) is 44.3 Å². The minimum absolute atomic E-state index is 0.182. The molecule has 5 heteroatoms. The summed E-state index contributed by atoms with van der Waals surface area (Å²) in [5.41, 5.74) is 2.08. The fraction of sp³-hybridized carbons (Fsp3) is 0.438. The van der Waals surface area contributed by atoms with Crippen LogP contribution in [0.2, 0.25) is 0 Å². The van der Waals surface area contributed by atoms with Crippen LogP contribution in [0, 0.1) is 0 Å². The summed E-state index contributed by atoms with van der Waals surface area (Å²) in [5, 5.41) is 4.22. The number of halogens is 1. The largest absolute Gasteiger partial charge is 0.339 e. The summed E-state index contributed by atoms with van der Waals surface area (Å²) in [4.78, 5) is 15.1. The zero-order valence-electron chi connectivity index (χ0n) is 11.7. The summed E-state index contributed by atoms with van der Waals surface area (Å²) in [6.45, 7) is 0.737. The molecule has 0 spiro atoms. The molecule has 2 aromatic heterocycles. The van der Waals surface area contributed by atoms with E-state index in [2.05, 4.69) is 48.4 Å². The van der Waals surface area contributed by atoms with Gasteiger partial charge in [0.2, 0.25) is 0 Å². The molecule has 0 radical (unpaired) electrons. The van der Waals surface area contributed by atoms with Crippen LogP contribution in [0.15, 0.2) is 33.6 Å². The average Bonchev–Trinajstić information content (AvgIpc) is 3.40. The van der Waals surface area contributed by atoms with Crippen LogP contribution in [0.5, 0.6) is 0 Å². The highest BCUT2D eigenvalue weighted by molar-refractivity contribution is 9.10. The predicted octanol–water partition coefficient (Wildman–Crippen LogP) is 4.45. The summed E-state index contributed by atoms with van der Waals surface area (Å²) >= 11 is 5.21. The van der Waals surface area contributed by atoms with E-state index in [0.717, 1.165) is 29.6 Å². The normalized spacial score (nSPS) is 18.0. The third-order valence-electron chi connectivity index (χ3n) is 4.16. The number of hydrogen-bond donors (Lipinski definition) is 0. The Morgan fingerprint density at radius 1 is 1.38 bits per heavy atom. The molecular weight excluding hydrogens is 348 g/mol. The molecule has 2 aliphatic carbocycles. The fourth-order valence-electron chi connectivity index (χ4n) is 2.75. The molecule has 3 nitrogen and oxygen atoms in total. The molecule has 110 valence electrons. The molecule has 2 saturated carbocycles. The summed E-state index contributed by atoms with van der Waals surface area (Å²) in [6, 6.07) is 5.04. The average molecular weight is 365 g/mol. The van der Waals surface area contributed by atoms with Crippen molar-refractivity contribution in [2.24, 2.45) is 0 Å². The quantitative estimate of drug-likeness (QED) is 0.769. The molecule has 0 atom stereocenters. The number of carbonyl (C=O) groups excluding carboxylic acids is 1. The monoisotopic (exact) mass is 364 g/mol. The van der Waals surface area contributed by atoms with Gasteiger partial charge in [0.1, 0.15) is 5.69 Å². The standard InChI is InChI=1S/C16H17BrN2OS/c17-12-7-15(18(9-12)13-1-2-13)16(20)19(14-3-4-14)8-11-5-6-21-10-11/h5-7,9-10,13-14H,1-4,8H2. The van der Waals surface area contributed by atoms with Crippen LogP contribution < -0.4 is 0 Å². The van der Waals surface area contributed by atoms with Crippen LogP contribution in [0.4, 0.5) is 0 Å². The molecule has 0 N–H and O–H groups in total. The van der Waals surface area contributed by atoms with Gasteiger partial charge in [0.05, 0.1) is 0 Å². The van der Waals surface area contributed by atoms with Crippen LogP contribution >= 0.6 is 27.3 Å². The van der Waals surface area contributed by atoms with Gasteiger partial charge in [0.15, 0.2) is 0 Å². The summed E-state index contributed by atoms with van der Waals surface area (Å²) in [6.07, 6.45) is 6.72. The third kappa shape index (κ3) is 2.81. The molecule has 0 aliphatic heterocycles. The number of amides is 1. The lowest BCUT2D eigenvalue weighted by molar-refractivity contribution is 0.0719. The van der Waals surface area contributed by atoms with Crippen molar-refractivity contribution in [1.29, 1.82) is 0 Å². The minimum Gasteiger partial charge on any atom is -0.339 e.